The van der Waals surface area contributed by atoms with Crippen LogP contribution < -0.4 is 10.1 Å². The van der Waals surface area contributed by atoms with E-state index in [1.807, 2.05) is 85.8 Å². The van der Waals surface area contributed by atoms with Crippen LogP contribution in [-0.4, -0.2) is 18.9 Å². The Morgan fingerprint density at radius 2 is 1.62 bits per heavy atom. The van der Waals surface area contributed by atoms with Gasteiger partial charge in [-0.2, -0.15) is 0 Å². The topological polar surface area (TPSA) is 64.6 Å². The van der Waals surface area contributed by atoms with Crippen LogP contribution in [0.5, 0.6) is 5.75 Å². The number of hydrogen-bond donors (Lipinski definition) is 1. The van der Waals surface area contributed by atoms with E-state index in [0.29, 0.717) is 29.7 Å². The van der Waals surface area contributed by atoms with Crippen LogP contribution in [0.3, 0.4) is 0 Å². The van der Waals surface area contributed by atoms with Gasteiger partial charge in [0.1, 0.15) is 12.4 Å². The van der Waals surface area contributed by atoms with Gasteiger partial charge in [0.15, 0.2) is 5.78 Å². The molecule has 0 bridgehead atoms. The van der Waals surface area contributed by atoms with Gasteiger partial charge in [0.2, 0.25) is 0 Å². The summed E-state index contributed by atoms with van der Waals surface area (Å²) in [6, 6.07) is 25.3. The van der Waals surface area contributed by atoms with Crippen LogP contribution >= 0.6 is 15.9 Å². The number of benzene rings is 3. The first-order chi connectivity index (χ1) is 17.9. The Morgan fingerprint density at radius 3 is 2.30 bits per heavy atom. The van der Waals surface area contributed by atoms with Gasteiger partial charge in [0, 0.05) is 33.8 Å². The van der Waals surface area contributed by atoms with Crippen LogP contribution in [-0.2, 0) is 20.9 Å². The number of halogens is 1. The molecule has 5 nitrogen and oxygen atoms in total. The lowest BCUT2D eigenvalue weighted by Crippen LogP contribution is -2.36. The van der Waals surface area contributed by atoms with Crippen LogP contribution in [0, 0.1) is 0 Å². The molecule has 0 unspecified atom stereocenters. The Hall–Kier alpha value is -3.64. The number of methoxy groups -OCH3 is 1. The highest BCUT2D eigenvalue weighted by molar-refractivity contribution is 9.10. The second-order valence-corrected chi connectivity index (χ2v) is 10.3. The molecule has 3 aromatic carbocycles. The second kappa shape index (κ2) is 10.8. The molecule has 3 aromatic rings. The summed E-state index contributed by atoms with van der Waals surface area (Å²) >= 11 is 3.50. The molecule has 0 spiro atoms. The van der Waals surface area contributed by atoms with Gasteiger partial charge in [0.05, 0.1) is 12.7 Å². The van der Waals surface area contributed by atoms with E-state index < -0.39 is 11.9 Å². The summed E-state index contributed by atoms with van der Waals surface area (Å²) in [7, 11) is 1.64. The summed E-state index contributed by atoms with van der Waals surface area (Å²) in [6.07, 6.45) is 1.06. The molecule has 0 aromatic heterocycles. The van der Waals surface area contributed by atoms with Crippen molar-refractivity contribution in [3.05, 3.63) is 123 Å². The molecular weight excluding hydrogens is 530 g/mol. The lowest BCUT2D eigenvalue weighted by molar-refractivity contribution is -0.140. The largest absolute Gasteiger partial charge is 0.497 e. The van der Waals surface area contributed by atoms with E-state index in [1.165, 1.54) is 0 Å². The Labute approximate surface area is 225 Å². The molecule has 0 fully saturated rings. The summed E-state index contributed by atoms with van der Waals surface area (Å²) in [5.41, 5.74) is 5.62. The van der Waals surface area contributed by atoms with Crippen LogP contribution in [0.15, 0.2) is 106 Å². The molecule has 0 amide bonds. The number of carbonyl (C=O) groups excluding carboxylic acids is 2. The number of carbonyl (C=O) groups is 2. The third-order valence-corrected chi connectivity index (χ3v) is 7.58. The van der Waals surface area contributed by atoms with E-state index in [2.05, 4.69) is 21.2 Å². The van der Waals surface area contributed by atoms with Crippen LogP contribution in [0.25, 0.3) is 0 Å². The first-order valence-corrected chi connectivity index (χ1v) is 13.1. The molecule has 1 aliphatic carbocycles. The van der Waals surface area contributed by atoms with Gasteiger partial charge in [-0.25, -0.2) is 4.79 Å². The summed E-state index contributed by atoms with van der Waals surface area (Å²) in [4.78, 5) is 27.2. The Kier molecular flexibility index (Phi) is 7.28. The highest BCUT2D eigenvalue weighted by Crippen LogP contribution is 2.46. The molecule has 0 saturated carbocycles. The highest BCUT2D eigenvalue weighted by Gasteiger charge is 2.41. The maximum atomic E-state index is 13.7. The summed E-state index contributed by atoms with van der Waals surface area (Å²) < 4.78 is 12.0. The number of rotatable bonds is 6. The van der Waals surface area contributed by atoms with Gasteiger partial charge in [-0.05, 0) is 60.2 Å². The van der Waals surface area contributed by atoms with Crippen molar-refractivity contribution >= 4 is 27.7 Å². The fraction of sp³-hybridized carbons (Fsp3) is 0.226. The van der Waals surface area contributed by atoms with Gasteiger partial charge >= 0.3 is 5.97 Å². The zero-order valence-electron chi connectivity index (χ0n) is 20.8. The third-order valence-electron chi connectivity index (χ3n) is 7.05. The normalized spacial score (nSPS) is 19.3. The molecule has 6 heteroatoms. The van der Waals surface area contributed by atoms with E-state index in [9.17, 15) is 9.59 Å². The predicted octanol–water partition coefficient (Wildman–Crippen LogP) is 6.56. The molecule has 37 heavy (non-hydrogen) atoms. The Balaban J connectivity index is 1.49. The van der Waals surface area contributed by atoms with Crippen molar-refractivity contribution in [2.24, 2.45) is 0 Å². The molecule has 1 N–H and O–H groups in total. The standard InChI is InChI=1S/C31H28BrNO4/c1-19-28(31(35)37-18-20-6-4-3-5-7-20)29(22-8-12-24(32)13-9-22)30-26(33-19)16-23(17-27(30)34)21-10-14-25(36-2)15-11-21/h3-15,23,29,33H,16-18H2,1-2H3/t23-,29+/m0/s1. The third kappa shape index (κ3) is 5.25. The average molecular weight is 558 g/mol. The van der Waals surface area contributed by atoms with E-state index in [0.717, 1.165) is 32.6 Å². The molecule has 0 saturated heterocycles. The minimum Gasteiger partial charge on any atom is -0.497 e. The molecular formula is C31H28BrNO4. The van der Waals surface area contributed by atoms with Crippen molar-refractivity contribution in [1.82, 2.24) is 5.32 Å². The van der Waals surface area contributed by atoms with E-state index >= 15 is 0 Å². The lowest BCUT2D eigenvalue weighted by Gasteiger charge is -2.36. The lowest BCUT2D eigenvalue weighted by atomic mass is 9.72. The highest BCUT2D eigenvalue weighted by atomic mass is 79.9. The number of Topliss-reactive ketones (excluding diaryl/α,β-unsaturated/α-hetero) is 1. The molecule has 2 aliphatic rings. The van der Waals surface area contributed by atoms with Gasteiger partial charge < -0.3 is 14.8 Å². The van der Waals surface area contributed by atoms with Crippen LogP contribution in [0.4, 0.5) is 0 Å². The van der Waals surface area contributed by atoms with Crippen molar-refractivity contribution in [2.45, 2.75) is 38.2 Å². The van der Waals surface area contributed by atoms with E-state index in [1.54, 1.807) is 7.11 Å². The first kappa shape index (κ1) is 25.0. The number of ketones is 1. The molecule has 5 rings (SSSR count). The number of ether oxygens (including phenoxy) is 2. The van der Waals surface area contributed by atoms with Gasteiger partial charge in [0.25, 0.3) is 0 Å². The number of nitrogens with one attached hydrogen (secondary N) is 1. The summed E-state index contributed by atoms with van der Waals surface area (Å²) in [6.45, 7) is 2.05. The second-order valence-electron chi connectivity index (χ2n) is 9.40. The average Bonchev–Trinajstić information content (AvgIpc) is 2.92. The molecule has 188 valence electrons. The van der Waals surface area contributed by atoms with E-state index in [4.69, 9.17) is 9.47 Å². The molecule has 2 atom stereocenters. The first-order valence-electron chi connectivity index (χ1n) is 12.3. The van der Waals surface area contributed by atoms with Gasteiger partial charge in [-0.1, -0.05) is 70.5 Å². The minimum atomic E-state index is -0.489. The van der Waals surface area contributed by atoms with Crippen molar-refractivity contribution in [2.75, 3.05) is 7.11 Å². The fourth-order valence-corrected chi connectivity index (χ4v) is 5.48. The fourth-order valence-electron chi connectivity index (χ4n) is 5.21. The van der Waals surface area contributed by atoms with Crippen LogP contribution in [0.2, 0.25) is 0 Å². The van der Waals surface area contributed by atoms with Crippen molar-refractivity contribution in [1.29, 1.82) is 0 Å². The van der Waals surface area contributed by atoms with Crippen molar-refractivity contribution in [3.8, 4) is 5.75 Å². The monoisotopic (exact) mass is 557 g/mol. The Bertz CT molecular complexity index is 1370. The van der Waals surface area contributed by atoms with Gasteiger partial charge in [-0.15, -0.1) is 0 Å². The molecule has 0 radical (unpaired) electrons. The zero-order valence-corrected chi connectivity index (χ0v) is 22.4. The van der Waals surface area contributed by atoms with Crippen molar-refractivity contribution < 1.29 is 19.1 Å². The number of esters is 1. The maximum absolute atomic E-state index is 13.7. The number of dihydropyridines is 1. The summed E-state index contributed by atoms with van der Waals surface area (Å²) in [5.74, 6) is -0.0254. The SMILES string of the molecule is COc1ccc([C@@H]2CC(=O)C3=C(C2)NC(C)=C(C(=O)OCc2ccccc2)[C@H]3c2ccc(Br)cc2)cc1. The number of hydrogen-bond acceptors (Lipinski definition) is 5. The zero-order chi connectivity index (χ0) is 25.9. The predicted molar refractivity (Wildman–Crippen MR) is 146 cm³/mol. The molecule has 1 aliphatic heterocycles. The van der Waals surface area contributed by atoms with Gasteiger partial charge in [-0.3, -0.25) is 4.79 Å². The smallest absolute Gasteiger partial charge is 0.337 e. The minimum absolute atomic E-state index is 0.0448. The van der Waals surface area contributed by atoms with Crippen molar-refractivity contribution in [3.63, 3.8) is 0 Å². The summed E-state index contributed by atoms with van der Waals surface area (Å²) in [5, 5.41) is 3.41. The maximum Gasteiger partial charge on any atom is 0.337 e. The number of allylic oxidation sites excluding steroid dienone is 3. The van der Waals surface area contributed by atoms with Crippen LogP contribution in [0.1, 0.15) is 48.3 Å². The van der Waals surface area contributed by atoms with E-state index in [-0.39, 0.29) is 18.3 Å². The Morgan fingerprint density at radius 1 is 0.946 bits per heavy atom. The quantitative estimate of drug-likeness (QED) is 0.347. The molecule has 1 heterocycles.